The van der Waals surface area contributed by atoms with E-state index in [1.54, 1.807) is 12.1 Å². The molecule has 1 aromatic carbocycles. The van der Waals surface area contributed by atoms with Gasteiger partial charge in [0.05, 0.1) is 16.8 Å². The molecule has 0 bridgehead atoms. The van der Waals surface area contributed by atoms with Crippen molar-refractivity contribution in [1.29, 1.82) is 0 Å². The number of halogens is 1. The summed E-state index contributed by atoms with van der Waals surface area (Å²) in [5.41, 5.74) is 0.556. The van der Waals surface area contributed by atoms with Crippen molar-refractivity contribution in [2.45, 2.75) is 25.8 Å². The molecule has 1 fully saturated rings. The molecule has 1 aromatic rings. The van der Waals surface area contributed by atoms with E-state index in [0.717, 1.165) is 19.4 Å². The SMILES string of the molecule is CC1CCNC(C(=O)Nc2cc3c(cc2Cl)OCO3)C1. The van der Waals surface area contributed by atoms with Gasteiger partial charge in [-0.05, 0) is 25.3 Å². The van der Waals surface area contributed by atoms with Gasteiger partial charge in [0.2, 0.25) is 12.7 Å². The van der Waals surface area contributed by atoms with E-state index in [1.165, 1.54) is 0 Å². The summed E-state index contributed by atoms with van der Waals surface area (Å²) < 4.78 is 10.5. The topological polar surface area (TPSA) is 59.6 Å². The minimum absolute atomic E-state index is 0.0580. The number of ether oxygens (including phenoxy) is 2. The second-order valence-corrected chi connectivity index (χ2v) is 5.72. The minimum Gasteiger partial charge on any atom is -0.454 e. The molecule has 0 spiro atoms. The highest BCUT2D eigenvalue weighted by Gasteiger charge is 2.25. The molecule has 1 saturated heterocycles. The first-order valence-corrected chi connectivity index (χ1v) is 7.14. The van der Waals surface area contributed by atoms with Gasteiger partial charge in [0.15, 0.2) is 11.5 Å². The Hall–Kier alpha value is -1.46. The number of hydrogen-bond acceptors (Lipinski definition) is 4. The summed E-state index contributed by atoms with van der Waals surface area (Å²) in [6.45, 7) is 3.22. The number of benzene rings is 1. The highest BCUT2D eigenvalue weighted by Crippen LogP contribution is 2.39. The van der Waals surface area contributed by atoms with Crippen molar-refractivity contribution in [2.24, 2.45) is 5.92 Å². The molecule has 2 unspecified atom stereocenters. The van der Waals surface area contributed by atoms with Crippen LogP contribution in [0.1, 0.15) is 19.8 Å². The monoisotopic (exact) mass is 296 g/mol. The summed E-state index contributed by atoms with van der Waals surface area (Å²) in [6.07, 6.45) is 1.95. The summed E-state index contributed by atoms with van der Waals surface area (Å²) in [5.74, 6) is 1.71. The van der Waals surface area contributed by atoms with Crippen molar-refractivity contribution >= 4 is 23.2 Å². The number of hydrogen-bond donors (Lipinski definition) is 2. The maximum atomic E-state index is 12.3. The molecule has 0 saturated carbocycles. The van der Waals surface area contributed by atoms with Gasteiger partial charge in [0.25, 0.3) is 0 Å². The van der Waals surface area contributed by atoms with Crippen LogP contribution < -0.4 is 20.1 Å². The number of rotatable bonds is 2. The van der Waals surface area contributed by atoms with Crippen molar-refractivity contribution in [2.75, 3.05) is 18.7 Å². The first-order valence-electron chi connectivity index (χ1n) is 6.77. The summed E-state index contributed by atoms with van der Waals surface area (Å²) in [6, 6.07) is 3.20. The largest absolute Gasteiger partial charge is 0.454 e. The van der Waals surface area contributed by atoms with E-state index in [1.807, 2.05) is 0 Å². The van der Waals surface area contributed by atoms with Crippen LogP contribution in [0.15, 0.2) is 12.1 Å². The molecule has 0 aromatic heterocycles. The van der Waals surface area contributed by atoms with Gasteiger partial charge < -0.3 is 20.1 Å². The third kappa shape index (κ3) is 2.69. The average Bonchev–Trinajstić information content (AvgIpc) is 2.86. The molecular formula is C14H17ClN2O3. The van der Waals surface area contributed by atoms with Crippen LogP contribution in [0.4, 0.5) is 5.69 Å². The first-order chi connectivity index (χ1) is 9.63. The summed E-state index contributed by atoms with van der Waals surface area (Å²) in [5, 5.41) is 6.54. The lowest BCUT2D eigenvalue weighted by molar-refractivity contribution is -0.119. The Morgan fingerprint density at radius 2 is 2.15 bits per heavy atom. The normalized spacial score (nSPS) is 24.5. The Balaban J connectivity index is 1.72. The predicted octanol–water partition coefficient (Wildman–Crippen LogP) is 2.40. The lowest BCUT2D eigenvalue weighted by Crippen LogP contribution is -2.45. The Labute approximate surface area is 122 Å². The van der Waals surface area contributed by atoms with Crippen molar-refractivity contribution < 1.29 is 14.3 Å². The molecule has 2 aliphatic heterocycles. The van der Waals surface area contributed by atoms with Gasteiger partial charge >= 0.3 is 0 Å². The van der Waals surface area contributed by atoms with E-state index < -0.39 is 0 Å². The number of fused-ring (bicyclic) bond motifs is 1. The van der Waals surface area contributed by atoms with E-state index in [9.17, 15) is 4.79 Å². The molecule has 0 radical (unpaired) electrons. The zero-order valence-electron chi connectivity index (χ0n) is 11.2. The lowest BCUT2D eigenvalue weighted by Gasteiger charge is -2.27. The smallest absolute Gasteiger partial charge is 0.241 e. The molecule has 2 heterocycles. The molecule has 2 N–H and O–H groups in total. The molecule has 2 aliphatic rings. The molecule has 6 heteroatoms. The number of amides is 1. The Morgan fingerprint density at radius 1 is 1.40 bits per heavy atom. The van der Waals surface area contributed by atoms with Crippen molar-refractivity contribution in [3.63, 3.8) is 0 Å². The Morgan fingerprint density at radius 3 is 2.90 bits per heavy atom. The van der Waals surface area contributed by atoms with Gasteiger partial charge in [-0.1, -0.05) is 18.5 Å². The van der Waals surface area contributed by atoms with Gasteiger partial charge in [-0.15, -0.1) is 0 Å². The Bertz CT molecular complexity index is 535. The highest BCUT2D eigenvalue weighted by atomic mass is 35.5. The van der Waals surface area contributed by atoms with Crippen LogP contribution in [0.2, 0.25) is 5.02 Å². The van der Waals surface area contributed by atoms with Crippen molar-refractivity contribution in [1.82, 2.24) is 5.32 Å². The third-order valence-electron chi connectivity index (χ3n) is 3.70. The van der Waals surface area contributed by atoms with Crippen LogP contribution in [-0.4, -0.2) is 25.3 Å². The third-order valence-corrected chi connectivity index (χ3v) is 4.02. The number of anilines is 1. The van der Waals surface area contributed by atoms with Gasteiger partial charge in [-0.25, -0.2) is 0 Å². The number of piperidine rings is 1. The van der Waals surface area contributed by atoms with Crippen molar-refractivity contribution in [3.05, 3.63) is 17.2 Å². The summed E-state index contributed by atoms with van der Waals surface area (Å²) in [4.78, 5) is 12.3. The van der Waals surface area contributed by atoms with Crippen LogP contribution in [0.3, 0.4) is 0 Å². The molecular weight excluding hydrogens is 280 g/mol. The molecule has 20 heavy (non-hydrogen) atoms. The first kappa shape index (κ1) is 13.5. The lowest BCUT2D eigenvalue weighted by atomic mass is 9.94. The van der Waals surface area contributed by atoms with Crippen LogP contribution in [0.25, 0.3) is 0 Å². The molecule has 108 valence electrons. The van der Waals surface area contributed by atoms with Gasteiger partial charge in [-0.2, -0.15) is 0 Å². The molecule has 3 rings (SSSR count). The fraction of sp³-hybridized carbons (Fsp3) is 0.500. The maximum absolute atomic E-state index is 12.3. The van der Waals surface area contributed by atoms with E-state index in [2.05, 4.69) is 17.6 Å². The van der Waals surface area contributed by atoms with Gasteiger partial charge in [0.1, 0.15) is 0 Å². The fourth-order valence-electron chi connectivity index (χ4n) is 2.54. The molecule has 1 amide bonds. The van der Waals surface area contributed by atoms with Crippen LogP contribution >= 0.6 is 11.6 Å². The van der Waals surface area contributed by atoms with Crippen LogP contribution in [0.5, 0.6) is 11.5 Å². The summed E-state index contributed by atoms with van der Waals surface area (Å²) in [7, 11) is 0. The van der Waals surface area contributed by atoms with Crippen molar-refractivity contribution in [3.8, 4) is 11.5 Å². The highest BCUT2D eigenvalue weighted by molar-refractivity contribution is 6.34. The van der Waals surface area contributed by atoms with E-state index in [0.29, 0.717) is 28.1 Å². The quantitative estimate of drug-likeness (QED) is 0.880. The second-order valence-electron chi connectivity index (χ2n) is 5.31. The zero-order valence-corrected chi connectivity index (χ0v) is 12.0. The molecule has 2 atom stereocenters. The maximum Gasteiger partial charge on any atom is 0.241 e. The Kier molecular flexibility index (Phi) is 3.72. The van der Waals surface area contributed by atoms with Gasteiger partial charge in [0, 0.05) is 12.1 Å². The molecule has 5 nitrogen and oxygen atoms in total. The zero-order chi connectivity index (χ0) is 14.1. The fourth-order valence-corrected chi connectivity index (χ4v) is 2.74. The number of carbonyl (C=O) groups excluding carboxylic acids is 1. The van der Waals surface area contributed by atoms with Crippen LogP contribution in [0, 0.1) is 5.92 Å². The predicted molar refractivity (Wildman–Crippen MR) is 76.4 cm³/mol. The van der Waals surface area contributed by atoms with Crippen LogP contribution in [-0.2, 0) is 4.79 Å². The van der Waals surface area contributed by atoms with Gasteiger partial charge in [-0.3, -0.25) is 4.79 Å². The average molecular weight is 297 g/mol. The minimum atomic E-state index is -0.166. The molecule has 0 aliphatic carbocycles. The summed E-state index contributed by atoms with van der Waals surface area (Å²) >= 11 is 6.15. The van der Waals surface area contributed by atoms with E-state index in [4.69, 9.17) is 21.1 Å². The van der Waals surface area contributed by atoms with E-state index in [-0.39, 0.29) is 18.7 Å². The second kappa shape index (κ2) is 5.50. The van der Waals surface area contributed by atoms with E-state index >= 15 is 0 Å². The number of nitrogens with one attached hydrogen (secondary N) is 2. The number of carbonyl (C=O) groups is 1. The standard InChI is InChI=1S/C14H17ClN2O3/c1-8-2-3-16-11(4-8)14(18)17-10-6-13-12(5-9(10)15)19-7-20-13/h5-6,8,11,16H,2-4,7H2,1H3,(H,17,18).